The van der Waals surface area contributed by atoms with Gasteiger partial charge in [-0.2, -0.15) is 8.78 Å². The predicted octanol–water partition coefficient (Wildman–Crippen LogP) is 2.58. The van der Waals surface area contributed by atoms with Crippen molar-refractivity contribution in [1.82, 2.24) is 4.90 Å². The Morgan fingerprint density at radius 2 is 2.00 bits per heavy atom. The van der Waals surface area contributed by atoms with Crippen LogP contribution in [0.25, 0.3) is 0 Å². The number of nitrogens with one attached hydrogen (secondary N) is 1. The predicted molar refractivity (Wildman–Crippen MR) is 78.4 cm³/mol. The topological polar surface area (TPSA) is 49.4 Å². The van der Waals surface area contributed by atoms with Gasteiger partial charge in [-0.15, -0.1) is 0 Å². The van der Waals surface area contributed by atoms with Gasteiger partial charge in [0.25, 0.3) is 0 Å². The Labute approximate surface area is 124 Å². The Bertz CT molecular complexity index is 561. The van der Waals surface area contributed by atoms with E-state index in [0.29, 0.717) is 6.04 Å². The molecule has 1 aliphatic heterocycles. The molecule has 0 spiro atoms. The molecule has 0 bridgehead atoms. The van der Waals surface area contributed by atoms with E-state index in [2.05, 4.69) is 17.1 Å². The van der Waals surface area contributed by atoms with Gasteiger partial charge in [-0.25, -0.2) is 8.42 Å². The quantitative estimate of drug-likeness (QED) is 0.906. The zero-order valence-corrected chi connectivity index (χ0v) is 12.7. The minimum Gasteiger partial charge on any atom is -0.381 e. The zero-order valence-electron chi connectivity index (χ0n) is 11.9. The molecular weight excluding hydrogens is 298 g/mol. The Kier molecular flexibility index (Phi) is 5.16. The zero-order chi connectivity index (χ0) is 15.5. The summed E-state index contributed by atoms with van der Waals surface area (Å²) in [5.74, 6) is -3.38. The van der Waals surface area contributed by atoms with Gasteiger partial charge in [-0.05, 0) is 50.2 Å². The summed E-state index contributed by atoms with van der Waals surface area (Å²) >= 11 is 0. The lowest BCUT2D eigenvalue weighted by atomic mass is 10.1. The highest BCUT2D eigenvalue weighted by atomic mass is 32.2. The van der Waals surface area contributed by atoms with E-state index in [-0.39, 0.29) is 4.90 Å². The third-order valence-electron chi connectivity index (χ3n) is 3.74. The SMILES string of the molecule is CCN1CCCC(Nc2ccc(S(=O)(=O)C(F)F)cc2)C1. The van der Waals surface area contributed by atoms with E-state index in [0.717, 1.165) is 38.2 Å². The first-order valence-electron chi connectivity index (χ1n) is 7.04. The number of benzene rings is 1. The summed E-state index contributed by atoms with van der Waals surface area (Å²) in [6.07, 6.45) is 2.16. The molecule has 4 nitrogen and oxygen atoms in total. The Morgan fingerprint density at radius 1 is 1.33 bits per heavy atom. The van der Waals surface area contributed by atoms with Gasteiger partial charge in [0.05, 0.1) is 4.90 Å². The van der Waals surface area contributed by atoms with E-state index < -0.39 is 15.6 Å². The Hall–Kier alpha value is -1.21. The summed E-state index contributed by atoms with van der Waals surface area (Å²) in [6, 6.07) is 5.84. The van der Waals surface area contributed by atoms with Crippen LogP contribution in [0.5, 0.6) is 0 Å². The fourth-order valence-corrected chi connectivity index (χ4v) is 3.26. The van der Waals surface area contributed by atoms with Crippen molar-refractivity contribution in [3.63, 3.8) is 0 Å². The maximum atomic E-state index is 12.4. The molecule has 1 atom stereocenters. The van der Waals surface area contributed by atoms with Gasteiger partial charge < -0.3 is 10.2 Å². The molecule has 0 saturated carbocycles. The highest BCUT2D eigenvalue weighted by molar-refractivity contribution is 7.91. The van der Waals surface area contributed by atoms with Crippen LogP contribution in [0.4, 0.5) is 14.5 Å². The third-order valence-corrected chi connectivity index (χ3v) is 5.14. The van der Waals surface area contributed by atoms with Gasteiger partial charge in [0.15, 0.2) is 0 Å². The fraction of sp³-hybridized carbons (Fsp3) is 0.571. The van der Waals surface area contributed by atoms with Gasteiger partial charge in [-0.3, -0.25) is 0 Å². The molecule has 21 heavy (non-hydrogen) atoms. The first-order chi connectivity index (χ1) is 9.93. The van der Waals surface area contributed by atoms with Gasteiger partial charge in [0.1, 0.15) is 0 Å². The second kappa shape index (κ2) is 6.70. The number of nitrogens with zero attached hydrogens (tertiary/aromatic N) is 1. The number of likely N-dealkylation sites (tertiary alicyclic amines) is 1. The normalized spacial score (nSPS) is 20.7. The maximum Gasteiger partial charge on any atom is 0.341 e. The van der Waals surface area contributed by atoms with Crippen molar-refractivity contribution in [3.8, 4) is 0 Å². The number of hydrogen-bond donors (Lipinski definition) is 1. The number of hydrogen-bond acceptors (Lipinski definition) is 4. The summed E-state index contributed by atoms with van der Waals surface area (Å²) in [6.45, 7) is 5.16. The van der Waals surface area contributed by atoms with Gasteiger partial charge >= 0.3 is 5.76 Å². The molecule has 1 aliphatic rings. The van der Waals surface area contributed by atoms with Crippen molar-refractivity contribution in [1.29, 1.82) is 0 Å². The number of sulfone groups is 1. The second-order valence-electron chi connectivity index (χ2n) is 5.21. The molecule has 1 aromatic rings. The lowest BCUT2D eigenvalue weighted by Gasteiger charge is -2.32. The number of rotatable bonds is 5. The monoisotopic (exact) mass is 318 g/mol. The number of halogens is 2. The molecular formula is C14H20F2N2O2S. The molecule has 1 unspecified atom stereocenters. The van der Waals surface area contributed by atoms with Crippen molar-refractivity contribution in [2.24, 2.45) is 0 Å². The van der Waals surface area contributed by atoms with E-state index in [1.54, 1.807) is 12.1 Å². The molecule has 1 saturated heterocycles. The van der Waals surface area contributed by atoms with Gasteiger partial charge in [0, 0.05) is 18.3 Å². The first-order valence-corrected chi connectivity index (χ1v) is 8.59. The Morgan fingerprint density at radius 3 is 2.57 bits per heavy atom. The molecule has 0 radical (unpaired) electrons. The molecule has 1 heterocycles. The minimum absolute atomic E-state index is 0.302. The molecule has 118 valence electrons. The van der Waals surface area contributed by atoms with Gasteiger partial charge in [0.2, 0.25) is 9.84 Å². The van der Waals surface area contributed by atoms with E-state index in [1.165, 1.54) is 12.1 Å². The number of piperidine rings is 1. The average Bonchev–Trinajstić information content (AvgIpc) is 2.48. The van der Waals surface area contributed by atoms with Crippen LogP contribution in [0, 0.1) is 0 Å². The summed E-state index contributed by atoms with van der Waals surface area (Å²) in [5, 5.41) is 3.33. The molecule has 0 aromatic heterocycles. The van der Waals surface area contributed by atoms with Crippen molar-refractivity contribution in [2.45, 2.75) is 36.5 Å². The number of alkyl halides is 2. The smallest absolute Gasteiger partial charge is 0.341 e. The summed E-state index contributed by atoms with van der Waals surface area (Å²) in [4.78, 5) is 2.00. The highest BCUT2D eigenvalue weighted by Crippen LogP contribution is 2.21. The van der Waals surface area contributed by atoms with Crippen molar-refractivity contribution in [3.05, 3.63) is 24.3 Å². The van der Waals surface area contributed by atoms with E-state index in [9.17, 15) is 17.2 Å². The van der Waals surface area contributed by atoms with E-state index in [1.807, 2.05) is 0 Å². The summed E-state index contributed by atoms with van der Waals surface area (Å²) < 4.78 is 47.6. The molecule has 1 N–H and O–H groups in total. The van der Waals surface area contributed by atoms with Crippen molar-refractivity contribution < 1.29 is 17.2 Å². The molecule has 1 aromatic carbocycles. The lowest BCUT2D eigenvalue weighted by molar-refractivity contribution is 0.227. The van der Waals surface area contributed by atoms with Crippen LogP contribution in [0.2, 0.25) is 0 Å². The molecule has 0 aliphatic carbocycles. The number of likely N-dealkylation sites (N-methyl/N-ethyl adjacent to an activating group) is 1. The molecule has 7 heteroatoms. The van der Waals surface area contributed by atoms with Crippen LogP contribution < -0.4 is 5.32 Å². The first kappa shape index (κ1) is 16.2. The molecule has 1 fully saturated rings. The van der Waals surface area contributed by atoms with Crippen LogP contribution in [-0.2, 0) is 9.84 Å². The van der Waals surface area contributed by atoms with Crippen molar-refractivity contribution in [2.75, 3.05) is 25.0 Å². The lowest BCUT2D eigenvalue weighted by Crippen LogP contribution is -2.41. The fourth-order valence-electron chi connectivity index (χ4n) is 2.54. The van der Waals surface area contributed by atoms with Crippen molar-refractivity contribution >= 4 is 15.5 Å². The van der Waals surface area contributed by atoms with Crippen LogP contribution in [-0.4, -0.2) is 44.8 Å². The van der Waals surface area contributed by atoms with Crippen LogP contribution in [0.3, 0.4) is 0 Å². The van der Waals surface area contributed by atoms with Gasteiger partial charge in [-0.1, -0.05) is 6.92 Å². The van der Waals surface area contributed by atoms with Crippen LogP contribution in [0.15, 0.2) is 29.2 Å². The Balaban J connectivity index is 2.03. The minimum atomic E-state index is -4.51. The average molecular weight is 318 g/mol. The second-order valence-corrected chi connectivity index (χ2v) is 7.12. The third kappa shape index (κ3) is 3.91. The van der Waals surface area contributed by atoms with Crippen LogP contribution >= 0.6 is 0 Å². The van der Waals surface area contributed by atoms with Crippen LogP contribution in [0.1, 0.15) is 19.8 Å². The summed E-state index contributed by atoms with van der Waals surface area (Å²) in [5.41, 5.74) is 0.756. The molecule has 0 amide bonds. The molecule has 2 rings (SSSR count). The highest BCUT2D eigenvalue weighted by Gasteiger charge is 2.26. The largest absolute Gasteiger partial charge is 0.381 e. The van der Waals surface area contributed by atoms with E-state index in [4.69, 9.17) is 0 Å². The maximum absolute atomic E-state index is 12.4. The summed E-state index contributed by atoms with van der Waals surface area (Å²) in [7, 11) is -4.51. The number of anilines is 1. The standard InChI is InChI=1S/C14H20F2N2O2S/c1-2-18-9-3-4-12(10-18)17-11-5-7-13(8-6-11)21(19,20)14(15)16/h5-8,12,14,17H,2-4,9-10H2,1H3. The van der Waals surface area contributed by atoms with E-state index >= 15 is 0 Å².